The first-order valence-electron chi connectivity index (χ1n) is 27.5. The summed E-state index contributed by atoms with van der Waals surface area (Å²) >= 11 is 0. The van der Waals surface area contributed by atoms with Crippen molar-refractivity contribution in [1.82, 2.24) is 5.32 Å². The number of hydrogen-bond acceptors (Lipinski definition) is 3. The molecule has 9 atom stereocenters. The zero-order valence-corrected chi connectivity index (χ0v) is 41.4. The summed E-state index contributed by atoms with van der Waals surface area (Å²) in [5.41, 5.74) is 26.3. The van der Waals surface area contributed by atoms with Crippen molar-refractivity contribution >= 4 is 5.69 Å². The summed E-state index contributed by atoms with van der Waals surface area (Å²) in [4.78, 5) is 0. The van der Waals surface area contributed by atoms with E-state index >= 15 is 0 Å². The zero-order chi connectivity index (χ0) is 46.5. The Morgan fingerprint density at radius 2 is 1.49 bits per heavy atom. The summed E-state index contributed by atoms with van der Waals surface area (Å²) in [7, 11) is 0. The van der Waals surface area contributed by atoms with Gasteiger partial charge in [-0.25, -0.2) is 0 Å². The van der Waals surface area contributed by atoms with Gasteiger partial charge in [0.1, 0.15) is 0 Å². The molecule has 1 aromatic carbocycles. The van der Waals surface area contributed by atoms with Crippen molar-refractivity contribution in [3.8, 4) is 0 Å². The third-order valence-electron chi connectivity index (χ3n) is 17.3. The summed E-state index contributed by atoms with van der Waals surface area (Å²) in [5.74, 6) is 3.35. The number of rotatable bonds is 13. The number of nitrogens with two attached hydrogens (primary N) is 1. The Labute approximate surface area is 415 Å². The van der Waals surface area contributed by atoms with E-state index in [0.29, 0.717) is 41.4 Å². The van der Waals surface area contributed by atoms with E-state index in [1.54, 1.807) is 16.7 Å². The predicted molar refractivity (Wildman–Crippen MR) is 292 cm³/mol. The maximum atomic E-state index is 7.74. The smallest absolute Gasteiger partial charge is 0.0399 e. The highest BCUT2D eigenvalue weighted by Crippen LogP contribution is 2.52. The van der Waals surface area contributed by atoms with Crippen LogP contribution in [0.5, 0.6) is 0 Å². The molecule has 11 rings (SSSR count). The van der Waals surface area contributed by atoms with E-state index in [1.165, 1.54) is 88.3 Å². The highest BCUT2D eigenvalue weighted by molar-refractivity contribution is 5.59. The first-order chi connectivity index (χ1) is 34.0. The molecule has 8 unspecified atom stereocenters. The Balaban J connectivity index is 0.877. The van der Waals surface area contributed by atoms with Gasteiger partial charge in [0.2, 0.25) is 0 Å². The third kappa shape index (κ3) is 10.1. The van der Waals surface area contributed by atoms with Crippen LogP contribution >= 0.6 is 0 Å². The van der Waals surface area contributed by atoms with Crippen molar-refractivity contribution in [2.75, 3.05) is 5.32 Å². The van der Waals surface area contributed by atoms with Gasteiger partial charge < -0.3 is 16.4 Å². The van der Waals surface area contributed by atoms with Gasteiger partial charge in [0.05, 0.1) is 0 Å². The average molecular weight is 912 g/mol. The molecule has 3 heteroatoms. The van der Waals surface area contributed by atoms with Crippen LogP contribution in [0.4, 0.5) is 5.69 Å². The van der Waals surface area contributed by atoms with Gasteiger partial charge in [0.15, 0.2) is 0 Å². The number of allylic oxidation sites excluding steroid dienone is 26. The minimum absolute atomic E-state index is 0.0748. The molecule has 0 fully saturated rings. The first kappa shape index (κ1) is 46.0. The lowest BCUT2D eigenvalue weighted by molar-refractivity contribution is 0.302. The minimum Gasteiger partial charge on any atom is -0.359 e. The standard InChI is InChI=1S/C66H77N3/c1-45-40-51(54-30-11-12-32-57(54)58-33-14-16-37-64(58)68-52-28-9-4-10-29-52)43-53(41-45)69-63-36-15-13-31-55(63)49-26-17-27-50(42-49)61-44-62(60-35-19-25-48-24-18-34-59(61)65(48)60)66(67)56(47-22-7-3-8-23-47)39-38-46-20-5-2-6-21-46/h5,9,11,14-15,17-22,27-30,33-36,38-41,43-44,48-50,54,56-57,59,61,66,68-69H,2-4,6-8,10,12-13,16,23-26,31-32,37,42,67H2,1H3/b39-38+/t48?,49?,50?,54?,56?,57?,59?,61?,66-/m0/s1. The average Bonchev–Trinajstić information content (AvgIpc) is 3.40. The third-order valence-corrected chi connectivity index (χ3v) is 17.3. The molecule has 10 aliphatic rings. The molecular weight excluding hydrogens is 835 g/mol. The predicted octanol–water partition coefficient (Wildman–Crippen LogP) is 16.4. The Kier molecular flexibility index (Phi) is 14.2. The Bertz CT molecular complexity index is 2640. The van der Waals surface area contributed by atoms with Crippen LogP contribution in [0.25, 0.3) is 0 Å². The Morgan fingerprint density at radius 3 is 2.36 bits per heavy atom. The zero-order valence-electron chi connectivity index (χ0n) is 41.4. The molecule has 3 nitrogen and oxygen atoms in total. The van der Waals surface area contributed by atoms with Crippen molar-refractivity contribution in [2.24, 2.45) is 47.2 Å². The molecule has 0 spiro atoms. The molecule has 0 saturated carbocycles. The van der Waals surface area contributed by atoms with E-state index in [-0.39, 0.29) is 12.0 Å². The molecule has 356 valence electrons. The molecule has 0 aliphatic heterocycles. The van der Waals surface area contributed by atoms with Gasteiger partial charge in [-0.3, -0.25) is 0 Å². The highest BCUT2D eigenvalue weighted by atomic mass is 14.9. The fraction of sp³-hybridized carbons (Fsp3) is 0.424. The van der Waals surface area contributed by atoms with E-state index < -0.39 is 0 Å². The minimum atomic E-state index is -0.0748. The number of benzene rings is 1. The molecule has 0 radical (unpaired) electrons. The molecule has 0 heterocycles. The topological polar surface area (TPSA) is 50.1 Å². The SMILES string of the molecule is Cc1cc(NC2=C(C3CC=CC(C4C=C([C@@H](N)C(/C=C/C5=CCCC=C5)C5=CCCCC5)C5=C6C(CC=C5)CC=CC64)C3)CCC=C2)cc(C2C=CCCC2C2=C(NC3=CCCC=C3)CCC=C2)c1. The van der Waals surface area contributed by atoms with Crippen molar-refractivity contribution in [3.63, 3.8) is 0 Å². The molecule has 4 N–H and O–H groups in total. The molecule has 10 aliphatic carbocycles. The van der Waals surface area contributed by atoms with Crippen molar-refractivity contribution in [3.05, 3.63) is 219 Å². The van der Waals surface area contributed by atoms with Crippen LogP contribution in [0.15, 0.2) is 208 Å². The van der Waals surface area contributed by atoms with Gasteiger partial charge in [-0.1, -0.05) is 139 Å². The largest absolute Gasteiger partial charge is 0.359 e. The summed E-state index contributed by atoms with van der Waals surface area (Å²) in [6.07, 6.45) is 74.6. The molecule has 1 aromatic rings. The van der Waals surface area contributed by atoms with Crippen molar-refractivity contribution in [2.45, 2.75) is 134 Å². The van der Waals surface area contributed by atoms with Crippen LogP contribution in [0, 0.1) is 48.3 Å². The van der Waals surface area contributed by atoms with E-state index in [1.807, 2.05) is 0 Å². The van der Waals surface area contributed by atoms with Crippen LogP contribution in [0.2, 0.25) is 0 Å². The highest BCUT2D eigenvalue weighted by Gasteiger charge is 2.42. The second kappa shape index (κ2) is 21.3. The van der Waals surface area contributed by atoms with Crippen LogP contribution in [0.1, 0.15) is 133 Å². The second-order valence-corrected chi connectivity index (χ2v) is 21.9. The molecule has 69 heavy (non-hydrogen) atoms. The fourth-order valence-electron chi connectivity index (χ4n) is 14.0. The number of nitrogens with one attached hydrogen (secondary N) is 2. The maximum Gasteiger partial charge on any atom is 0.0399 e. The number of aryl methyl sites for hydroxylation is 1. The lowest BCUT2D eigenvalue weighted by Crippen LogP contribution is -2.39. The molecule has 0 saturated heterocycles. The molecule has 0 aromatic heterocycles. The fourth-order valence-corrected chi connectivity index (χ4v) is 14.0. The summed E-state index contributed by atoms with van der Waals surface area (Å²) < 4.78 is 0. The normalized spacial score (nSPS) is 30.6. The molecule has 0 amide bonds. The van der Waals surface area contributed by atoms with Crippen molar-refractivity contribution < 1.29 is 0 Å². The Morgan fingerprint density at radius 1 is 0.667 bits per heavy atom. The summed E-state index contributed by atoms with van der Waals surface area (Å²) in [6.45, 7) is 2.29. The van der Waals surface area contributed by atoms with Crippen LogP contribution < -0.4 is 16.4 Å². The van der Waals surface area contributed by atoms with E-state index in [0.717, 1.165) is 83.5 Å². The van der Waals surface area contributed by atoms with Gasteiger partial charge >= 0.3 is 0 Å². The van der Waals surface area contributed by atoms with Gasteiger partial charge in [-0.05, 0) is 215 Å². The maximum absolute atomic E-state index is 7.74. The van der Waals surface area contributed by atoms with Gasteiger partial charge in [-0.15, -0.1) is 0 Å². The summed E-state index contributed by atoms with van der Waals surface area (Å²) in [6, 6.07) is 7.23. The lowest BCUT2D eigenvalue weighted by atomic mass is 9.60. The molecular formula is C66H77N3. The second-order valence-electron chi connectivity index (χ2n) is 21.9. The van der Waals surface area contributed by atoms with Gasteiger partial charge in [0.25, 0.3) is 0 Å². The first-order valence-corrected chi connectivity index (χ1v) is 27.5. The lowest BCUT2D eigenvalue weighted by Gasteiger charge is -2.45. The van der Waals surface area contributed by atoms with E-state index in [4.69, 9.17) is 5.73 Å². The van der Waals surface area contributed by atoms with E-state index in [2.05, 4.69) is 169 Å². The monoisotopic (exact) mass is 912 g/mol. The van der Waals surface area contributed by atoms with Gasteiger partial charge in [-0.2, -0.15) is 0 Å². The van der Waals surface area contributed by atoms with Gasteiger partial charge in [0, 0.05) is 46.6 Å². The molecule has 0 bridgehead atoms. The number of anilines is 1. The number of hydrogen-bond donors (Lipinski definition) is 3. The van der Waals surface area contributed by atoms with Crippen molar-refractivity contribution in [1.29, 1.82) is 0 Å². The van der Waals surface area contributed by atoms with Crippen LogP contribution in [0.3, 0.4) is 0 Å². The van der Waals surface area contributed by atoms with E-state index in [9.17, 15) is 0 Å². The quantitative estimate of drug-likeness (QED) is 0.173. The van der Waals surface area contributed by atoms with Crippen LogP contribution in [-0.4, -0.2) is 6.04 Å². The summed E-state index contributed by atoms with van der Waals surface area (Å²) in [5, 5.41) is 7.99. The Hall–Kier alpha value is -5.38. The van der Waals surface area contributed by atoms with Crippen LogP contribution in [-0.2, 0) is 0 Å².